The zero-order chi connectivity index (χ0) is 14.1. The molecule has 0 amide bonds. The van der Waals surface area contributed by atoms with Crippen molar-refractivity contribution >= 4 is 5.97 Å². The predicted octanol–water partition coefficient (Wildman–Crippen LogP) is 2.45. The molecular formula is C15H17N3O2. The normalized spacial score (nSPS) is 22.1. The van der Waals surface area contributed by atoms with E-state index in [9.17, 15) is 9.90 Å². The van der Waals surface area contributed by atoms with E-state index in [4.69, 9.17) is 0 Å². The first-order chi connectivity index (χ1) is 9.66. The number of hydrogen-bond donors (Lipinski definition) is 1. The fraction of sp³-hybridized carbons (Fsp3) is 0.400. The van der Waals surface area contributed by atoms with E-state index in [2.05, 4.69) is 10.1 Å². The molecule has 2 unspecified atom stereocenters. The molecule has 0 saturated heterocycles. The average Bonchev–Trinajstić information content (AvgIpc) is 3.05. The maximum Gasteiger partial charge on any atom is 0.307 e. The Morgan fingerprint density at radius 1 is 1.30 bits per heavy atom. The molecule has 1 aromatic heterocycles. The van der Waals surface area contributed by atoms with Gasteiger partial charge in [-0.3, -0.25) is 9.48 Å². The molecule has 1 heterocycles. The second-order valence-electron chi connectivity index (χ2n) is 5.27. The SMILES string of the molecule is Cn1nc(-c2ccccc2)nc1C1CCCC1C(=O)O. The predicted molar refractivity (Wildman–Crippen MR) is 74.2 cm³/mol. The van der Waals surface area contributed by atoms with Crippen LogP contribution in [-0.2, 0) is 11.8 Å². The lowest BCUT2D eigenvalue weighted by Crippen LogP contribution is -2.19. The Labute approximate surface area is 117 Å². The minimum Gasteiger partial charge on any atom is -0.481 e. The molecule has 0 spiro atoms. The van der Waals surface area contributed by atoms with Gasteiger partial charge in [-0.2, -0.15) is 5.10 Å². The van der Waals surface area contributed by atoms with Gasteiger partial charge >= 0.3 is 5.97 Å². The number of carboxylic acid groups (broad SMARTS) is 1. The van der Waals surface area contributed by atoms with Crippen LogP contribution in [0.15, 0.2) is 30.3 Å². The molecule has 5 nitrogen and oxygen atoms in total. The van der Waals surface area contributed by atoms with E-state index >= 15 is 0 Å². The number of aryl methyl sites for hydroxylation is 1. The monoisotopic (exact) mass is 271 g/mol. The van der Waals surface area contributed by atoms with Gasteiger partial charge in [0.1, 0.15) is 5.82 Å². The largest absolute Gasteiger partial charge is 0.481 e. The highest BCUT2D eigenvalue weighted by Crippen LogP contribution is 2.39. The summed E-state index contributed by atoms with van der Waals surface area (Å²) >= 11 is 0. The molecule has 1 N–H and O–H groups in total. The van der Waals surface area contributed by atoms with E-state index in [1.807, 2.05) is 37.4 Å². The summed E-state index contributed by atoms with van der Waals surface area (Å²) in [4.78, 5) is 15.9. The standard InChI is InChI=1S/C15H17N3O2/c1-18-14(11-8-5-9-12(11)15(19)20)16-13(17-18)10-6-3-2-4-7-10/h2-4,6-7,11-12H,5,8-9H2,1H3,(H,19,20). The molecule has 104 valence electrons. The van der Waals surface area contributed by atoms with Crippen molar-refractivity contribution in [2.45, 2.75) is 25.2 Å². The van der Waals surface area contributed by atoms with Crippen molar-refractivity contribution in [3.63, 3.8) is 0 Å². The zero-order valence-electron chi connectivity index (χ0n) is 11.4. The third kappa shape index (κ3) is 2.19. The first-order valence-corrected chi connectivity index (χ1v) is 6.86. The number of carboxylic acids is 1. The van der Waals surface area contributed by atoms with Crippen LogP contribution in [0.25, 0.3) is 11.4 Å². The molecule has 1 aliphatic rings. The Morgan fingerprint density at radius 2 is 2.05 bits per heavy atom. The van der Waals surface area contributed by atoms with E-state index in [1.54, 1.807) is 4.68 Å². The fourth-order valence-electron chi connectivity index (χ4n) is 2.99. The van der Waals surface area contributed by atoms with Crippen LogP contribution in [0, 0.1) is 5.92 Å². The van der Waals surface area contributed by atoms with E-state index in [0.717, 1.165) is 30.7 Å². The third-order valence-corrected chi connectivity index (χ3v) is 3.99. The maximum absolute atomic E-state index is 11.3. The van der Waals surface area contributed by atoms with Crippen LogP contribution in [0.2, 0.25) is 0 Å². The molecule has 2 aromatic rings. The van der Waals surface area contributed by atoms with E-state index < -0.39 is 5.97 Å². The summed E-state index contributed by atoms with van der Waals surface area (Å²) in [6.45, 7) is 0. The smallest absolute Gasteiger partial charge is 0.307 e. The van der Waals surface area contributed by atoms with Crippen LogP contribution in [0.3, 0.4) is 0 Å². The van der Waals surface area contributed by atoms with Crippen LogP contribution < -0.4 is 0 Å². The Hall–Kier alpha value is -2.17. The number of aliphatic carboxylic acids is 1. The molecule has 1 aliphatic carbocycles. The molecule has 20 heavy (non-hydrogen) atoms. The Bertz CT molecular complexity index is 621. The molecular weight excluding hydrogens is 254 g/mol. The average molecular weight is 271 g/mol. The minimum atomic E-state index is -0.725. The van der Waals surface area contributed by atoms with Crippen molar-refractivity contribution in [2.24, 2.45) is 13.0 Å². The van der Waals surface area contributed by atoms with Gasteiger partial charge in [-0.1, -0.05) is 36.8 Å². The molecule has 1 fully saturated rings. The third-order valence-electron chi connectivity index (χ3n) is 3.99. The van der Waals surface area contributed by atoms with Crippen molar-refractivity contribution in [1.82, 2.24) is 14.8 Å². The minimum absolute atomic E-state index is 0.0255. The van der Waals surface area contributed by atoms with Crippen LogP contribution in [0.4, 0.5) is 0 Å². The lowest BCUT2D eigenvalue weighted by Gasteiger charge is -2.13. The van der Waals surface area contributed by atoms with Gasteiger partial charge in [0, 0.05) is 18.5 Å². The quantitative estimate of drug-likeness (QED) is 0.931. The molecule has 1 aromatic carbocycles. The highest BCUT2D eigenvalue weighted by molar-refractivity contribution is 5.71. The van der Waals surface area contributed by atoms with Gasteiger partial charge < -0.3 is 5.11 Å². The van der Waals surface area contributed by atoms with E-state index in [-0.39, 0.29) is 11.8 Å². The van der Waals surface area contributed by atoms with E-state index in [1.165, 1.54) is 0 Å². The summed E-state index contributed by atoms with van der Waals surface area (Å²) in [6.07, 6.45) is 2.54. The Kier molecular flexibility index (Phi) is 3.26. The summed E-state index contributed by atoms with van der Waals surface area (Å²) < 4.78 is 1.73. The van der Waals surface area contributed by atoms with Crippen LogP contribution in [0.1, 0.15) is 31.0 Å². The van der Waals surface area contributed by atoms with Gasteiger partial charge in [0.15, 0.2) is 5.82 Å². The summed E-state index contributed by atoms with van der Waals surface area (Å²) in [5.41, 5.74) is 0.958. The Morgan fingerprint density at radius 3 is 2.75 bits per heavy atom. The number of rotatable bonds is 3. The van der Waals surface area contributed by atoms with E-state index in [0.29, 0.717) is 5.82 Å². The second kappa shape index (κ2) is 5.07. The van der Waals surface area contributed by atoms with Gasteiger partial charge in [-0.05, 0) is 12.8 Å². The Balaban J connectivity index is 1.95. The molecule has 0 aliphatic heterocycles. The molecule has 5 heteroatoms. The first kappa shape index (κ1) is 12.8. The van der Waals surface area contributed by atoms with Gasteiger partial charge in [0.25, 0.3) is 0 Å². The molecule has 3 rings (SSSR count). The molecule has 0 bridgehead atoms. The van der Waals surface area contributed by atoms with Crippen LogP contribution in [0.5, 0.6) is 0 Å². The summed E-state index contributed by atoms with van der Waals surface area (Å²) in [7, 11) is 1.84. The summed E-state index contributed by atoms with van der Waals surface area (Å²) in [5, 5.41) is 13.7. The van der Waals surface area contributed by atoms with Gasteiger partial charge in [0.2, 0.25) is 0 Å². The number of aromatic nitrogens is 3. The molecule has 2 atom stereocenters. The number of nitrogens with zero attached hydrogens (tertiary/aromatic N) is 3. The summed E-state index contributed by atoms with van der Waals surface area (Å²) in [5.74, 6) is 0.369. The number of carbonyl (C=O) groups is 1. The van der Waals surface area contributed by atoms with Gasteiger partial charge in [0.05, 0.1) is 5.92 Å². The van der Waals surface area contributed by atoms with Crippen LogP contribution >= 0.6 is 0 Å². The maximum atomic E-state index is 11.3. The highest BCUT2D eigenvalue weighted by Gasteiger charge is 2.36. The van der Waals surface area contributed by atoms with Crippen molar-refractivity contribution < 1.29 is 9.90 Å². The molecule has 1 saturated carbocycles. The van der Waals surface area contributed by atoms with Crippen LogP contribution in [-0.4, -0.2) is 25.8 Å². The van der Waals surface area contributed by atoms with Crippen molar-refractivity contribution in [1.29, 1.82) is 0 Å². The van der Waals surface area contributed by atoms with Crippen molar-refractivity contribution in [3.05, 3.63) is 36.2 Å². The molecule has 0 radical (unpaired) electrons. The summed E-state index contributed by atoms with van der Waals surface area (Å²) in [6, 6.07) is 9.76. The lowest BCUT2D eigenvalue weighted by molar-refractivity contribution is -0.142. The van der Waals surface area contributed by atoms with Gasteiger partial charge in [-0.15, -0.1) is 0 Å². The number of hydrogen-bond acceptors (Lipinski definition) is 3. The van der Waals surface area contributed by atoms with Gasteiger partial charge in [-0.25, -0.2) is 4.98 Å². The van der Waals surface area contributed by atoms with Crippen molar-refractivity contribution in [3.8, 4) is 11.4 Å². The fourth-order valence-corrected chi connectivity index (χ4v) is 2.99. The first-order valence-electron chi connectivity index (χ1n) is 6.86. The zero-order valence-corrected chi connectivity index (χ0v) is 11.4. The lowest BCUT2D eigenvalue weighted by atomic mass is 9.95. The van der Waals surface area contributed by atoms with Crippen molar-refractivity contribution in [2.75, 3.05) is 0 Å². The second-order valence-corrected chi connectivity index (χ2v) is 5.27. The number of benzene rings is 1. The topological polar surface area (TPSA) is 68.0 Å². The highest BCUT2D eigenvalue weighted by atomic mass is 16.4.